The van der Waals surface area contributed by atoms with Gasteiger partial charge in [0.2, 0.25) is 0 Å². The zero-order valence-electron chi connectivity index (χ0n) is 12.6. The number of nitrogens with one attached hydrogen (secondary N) is 1. The van der Waals surface area contributed by atoms with E-state index in [0.717, 1.165) is 11.1 Å². The fourth-order valence-corrected chi connectivity index (χ4v) is 3.19. The SMILES string of the molecule is C=C(c1ccc2ccccc2c1)c1c(C)[nH]c2ccccc12. The maximum atomic E-state index is 4.37. The predicted molar refractivity (Wildman–Crippen MR) is 95.1 cm³/mol. The summed E-state index contributed by atoms with van der Waals surface area (Å²) in [5, 5.41) is 3.74. The van der Waals surface area contributed by atoms with Gasteiger partial charge in [0, 0.05) is 22.2 Å². The Kier molecular flexibility index (Phi) is 2.87. The monoisotopic (exact) mass is 283 g/mol. The number of hydrogen-bond acceptors (Lipinski definition) is 0. The summed E-state index contributed by atoms with van der Waals surface area (Å²) in [5.74, 6) is 0. The number of para-hydroxylation sites is 1. The molecule has 0 atom stereocenters. The summed E-state index contributed by atoms with van der Waals surface area (Å²) in [4.78, 5) is 3.45. The average Bonchev–Trinajstić information content (AvgIpc) is 2.89. The number of rotatable bonds is 2. The maximum Gasteiger partial charge on any atom is 0.0462 e. The van der Waals surface area contributed by atoms with Gasteiger partial charge in [-0.1, -0.05) is 61.2 Å². The van der Waals surface area contributed by atoms with E-state index in [2.05, 4.69) is 85.2 Å². The minimum absolute atomic E-state index is 1.07. The number of aromatic nitrogens is 1. The van der Waals surface area contributed by atoms with E-state index in [0.29, 0.717) is 0 Å². The van der Waals surface area contributed by atoms with Crippen LogP contribution in [0.5, 0.6) is 0 Å². The van der Waals surface area contributed by atoms with Gasteiger partial charge in [0.25, 0.3) is 0 Å². The zero-order valence-corrected chi connectivity index (χ0v) is 12.6. The first-order chi connectivity index (χ1) is 10.7. The Hall–Kier alpha value is -2.80. The summed E-state index contributed by atoms with van der Waals surface area (Å²) in [5.41, 5.74) is 5.79. The van der Waals surface area contributed by atoms with Crippen LogP contribution in [0.3, 0.4) is 0 Å². The second-order valence-corrected chi connectivity index (χ2v) is 5.71. The Bertz CT molecular complexity index is 1000. The second kappa shape index (κ2) is 4.88. The third kappa shape index (κ3) is 1.94. The fraction of sp³-hybridized carbons (Fsp3) is 0.0476. The van der Waals surface area contributed by atoms with E-state index in [9.17, 15) is 0 Å². The minimum Gasteiger partial charge on any atom is -0.358 e. The molecule has 0 bridgehead atoms. The van der Waals surface area contributed by atoms with Crippen molar-refractivity contribution < 1.29 is 0 Å². The normalized spacial score (nSPS) is 11.1. The Balaban J connectivity index is 1.90. The van der Waals surface area contributed by atoms with E-state index >= 15 is 0 Å². The highest BCUT2D eigenvalue weighted by atomic mass is 14.7. The highest BCUT2D eigenvalue weighted by Crippen LogP contribution is 2.32. The molecule has 0 radical (unpaired) electrons. The van der Waals surface area contributed by atoms with Crippen molar-refractivity contribution in [3.8, 4) is 0 Å². The van der Waals surface area contributed by atoms with E-state index < -0.39 is 0 Å². The van der Waals surface area contributed by atoms with Gasteiger partial charge in [0.15, 0.2) is 0 Å². The molecule has 0 spiro atoms. The molecule has 0 aliphatic heterocycles. The molecule has 22 heavy (non-hydrogen) atoms. The first-order valence-electron chi connectivity index (χ1n) is 7.50. The molecule has 0 saturated carbocycles. The standard InChI is InChI=1S/C21H17N/c1-14(17-12-11-16-7-3-4-8-18(16)13-17)21-15(2)22-20-10-6-5-9-19(20)21/h3-13,22H,1H2,2H3. The molecule has 0 fully saturated rings. The number of H-pyrrole nitrogens is 1. The predicted octanol–water partition coefficient (Wildman–Crippen LogP) is 5.69. The molecule has 3 aromatic carbocycles. The quantitative estimate of drug-likeness (QED) is 0.486. The van der Waals surface area contributed by atoms with Crippen LogP contribution in [0.2, 0.25) is 0 Å². The summed E-state index contributed by atoms with van der Waals surface area (Å²) < 4.78 is 0. The molecule has 1 heteroatoms. The van der Waals surface area contributed by atoms with Gasteiger partial charge >= 0.3 is 0 Å². The summed E-state index contributed by atoms with van der Waals surface area (Å²) in [7, 11) is 0. The van der Waals surface area contributed by atoms with Gasteiger partial charge < -0.3 is 4.98 Å². The van der Waals surface area contributed by atoms with Crippen molar-refractivity contribution in [1.29, 1.82) is 0 Å². The van der Waals surface area contributed by atoms with Crippen LogP contribution in [0.1, 0.15) is 16.8 Å². The van der Waals surface area contributed by atoms with Gasteiger partial charge in [-0.3, -0.25) is 0 Å². The smallest absolute Gasteiger partial charge is 0.0462 e. The molecule has 0 saturated heterocycles. The van der Waals surface area contributed by atoms with Crippen molar-refractivity contribution in [2.24, 2.45) is 0 Å². The van der Waals surface area contributed by atoms with Crippen LogP contribution in [0.4, 0.5) is 0 Å². The van der Waals surface area contributed by atoms with Crippen LogP contribution in [-0.2, 0) is 0 Å². The lowest BCUT2D eigenvalue weighted by Gasteiger charge is -2.08. The summed E-state index contributed by atoms with van der Waals surface area (Å²) in [6, 6.07) is 23.4. The molecule has 0 aliphatic rings. The Morgan fingerprint density at radius 1 is 0.864 bits per heavy atom. The molecular weight excluding hydrogens is 266 g/mol. The molecule has 1 aromatic heterocycles. The molecule has 106 valence electrons. The third-order valence-corrected chi connectivity index (χ3v) is 4.29. The topological polar surface area (TPSA) is 15.8 Å². The van der Waals surface area contributed by atoms with Crippen LogP contribution in [0.15, 0.2) is 73.3 Å². The maximum absolute atomic E-state index is 4.37. The Labute approximate surface area is 129 Å². The molecule has 1 N–H and O–H groups in total. The highest BCUT2D eigenvalue weighted by Gasteiger charge is 2.12. The lowest BCUT2D eigenvalue weighted by atomic mass is 9.95. The van der Waals surface area contributed by atoms with E-state index in [1.54, 1.807) is 0 Å². The fourth-order valence-electron chi connectivity index (χ4n) is 3.19. The largest absolute Gasteiger partial charge is 0.358 e. The zero-order chi connectivity index (χ0) is 15.1. The van der Waals surface area contributed by atoms with Gasteiger partial charge in [-0.2, -0.15) is 0 Å². The minimum atomic E-state index is 1.07. The van der Waals surface area contributed by atoms with Crippen molar-refractivity contribution in [1.82, 2.24) is 4.98 Å². The van der Waals surface area contributed by atoms with E-state index in [-0.39, 0.29) is 0 Å². The molecule has 4 aromatic rings. The number of aryl methyl sites for hydroxylation is 1. The lowest BCUT2D eigenvalue weighted by molar-refractivity contribution is 1.28. The molecule has 1 heterocycles. The van der Waals surface area contributed by atoms with Crippen LogP contribution < -0.4 is 0 Å². The molecule has 0 amide bonds. The van der Waals surface area contributed by atoms with Crippen LogP contribution in [0, 0.1) is 6.92 Å². The molecule has 0 unspecified atom stereocenters. The van der Waals surface area contributed by atoms with E-state index in [1.807, 2.05) is 0 Å². The van der Waals surface area contributed by atoms with Crippen LogP contribution >= 0.6 is 0 Å². The summed E-state index contributed by atoms with van der Waals surface area (Å²) >= 11 is 0. The van der Waals surface area contributed by atoms with Crippen molar-refractivity contribution in [3.05, 3.63) is 90.1 Å². The number of hydrogen-bond donors (Lipinski definition) is 1. The van der Waals surface area contributed by atoms with Crippen LogP contribution in [0.25, 0.3) is 27.2 Å². The van der Waals surface area contributed by atoms with Crippen molar-refractivity contribution >= 4 is 27.2 Å². The van der Waals surface area contributed by atoms with E-state index in [1.165, 1.54) is 33.0 Å². The Morgan fingerprint density at radius 3 is 2.45 bits per heavy atom. The Morgan fingerprint density at radius 2 is 1.59 bits per heavy atom. The first kappa shape index (κ1) is 12.9. The second-order valence-electron chi connectivity index (χ2n) is 5.71. The van der Waals surface area contributed by atoms with Crippen molar-refractivity contribution in [2.75, 3.05) is 0 Å². The molecular formula is C21H17N. The lowest BCUT2D eigenvalue weighted by Crippen LogP contribution is -1.88. The van der Waals surface area contributed by atoms with Gasteiger partial charge in [-0.15, -0.1) is 0 Å². The number of benzene rings is 3. The van der Waals surface area contributed by atoms with E-state index in [4.69, 9.17) is 0 Å². The van der Waals surface area contributed by atoms with Gasteiger partial charge in [0.1, 0.15) is 0 Å². The summed E-state index contributed by atoms with van der Waals surface area (Å²) in [6.45, 7) is 6.48. The van der Waals surface area contributed by atoms with Crippen molar-refractivity contribution in [2.45, 2.75) is 6.92 Å². The third-order valence-electron chi connectivity index (χ3n) is 4.29. The van der Waals surface area contributed by atoms with Crippen LogP contribution in [-0.4, -0.2) is 4.98 Å². The number of fused-ring (bicyclic) bond motifs is 2. The molecule has 0 aliphatic carbocycles. The summed E-state index contributed by atoms with van der Waals surface area (Å²) in [6.07, 6.45) is 0. The average molecular weight is 283 g/mol. The first-order valence-corrected chi connectivity index (χ1v) is 7.50. The highest BCUT2D eigenvalue weighted by molar-refractivity contribution is 5.99. The number of aromatic amines is 1. The molecule has 4 rings (SSSR count). The molecule has 1 nitrogen and oxygen atoms in total. The van der Waals surface area contributed by atoms with Gasteiger partial charge in [0.05, 0.1) is 0 Å². The van der Waals surface area contributed by atoms with Gasteiger partial charge in [-0.05, 0) is 41.0 Å². The van der Waals surface area contributed by atoms with Crippen molar-refractivity contribution in [3.63, 3.8) is 0 Å². The van der Waals surface area contributed by atoms with Gasteiger partial charge in [-0.25, -0.2) is 0 Å².